The number of hydrogen-bond donors (Lipinski definition) is 2. The number of carbonyl (C=O) groups excluding carboxylic acids is 1. The van der Waals surface area contributed by atoms with Gasteiger partial charge in [0.05, 0.1) is 22.6 Å². The van der Waals surface area contributed by atoms with Crippen LogP contribution in [-0.2, 0) is 21.2 Å². The minimum absolute atomic E-state index is 0.0362. The molecule has 0 saturated carbocycles. The van der Waals surface area contributed by atoms with E-state index in [9.17, 15) is 13.2 Å². The summed E-state index contributed by atoms with van der Waals surface area (Å²) in [5.74, 6) is -0.0480. The predicted octanol–water partition coefficient (Wildman–Crippen LogP) is 4.39. The Morgan fingerprint density at radius 2 is 1.83 bits per heavy atom. The van der Waals surface area contributed by atoms with E-state index in [2.05, 4.69) is 17.0 Å². The normalized spacial score (nSPS) is 12.4. The number of anilines is 1. The van der Waals surface area contributed by atoms with Crippen molar-refractivity contribution in [3.8, 4) is 5.75 Å². The van der Waals surface area contributed by atoms with Crippen LogP contribution >= 0.6 is 11.6 Å². The van der Waals surface area contributed by atoms with Crippen molar-refractivity contribution >= 4 is 33.2 Å². The van der Waals surface area contributed by atoms with E-state index in [4.69, 9.17) is 16.3 Å². The zero-order valence-electron chi connectivity index (χ0n) is 16.9. The Labute approximate surface area is 177 Å². The molecule has 158 valence electrons. The lowest BCUT2D eigenvalue weighted by atomic mass is 10.1. The molecule has 0 aliphatic heterocycles. The number of nitrogens with one attached hydrogen (secondary N) is 2. The van der Waals surface area contributed by atoms with Gasteiger partial charge in [-0.2, -0.15) is 4.72 Å². The SMILES string of the molecule is CCCCc1ccc(NC(=O)[C@@H](C)NS(=O)(=O)c2ccc(OCC)c(Cl)c2)cc1. The number of carbonyl (C=O) groups is 1. The first kappa shape index (κ1) is 23.2. The lowest BCUT2D eigenvalue weighted by Crippen LogP contribution is -2.41. The number of rotatable bonds is 10. The predicted molar refractivity (Wildman–Crippen MR) is 116 cm³/mol. The summed E-state index contributed by atoms with van der Waals surface area (Å²) in [4.78, 5) is 12.4. The van der Waals surface area contributed by atoms with Crippen LogP contribution in [0.15, 0.2) is 47.4 Å². The summed E-state index contributed by atoms with van der Waals surface area (Å²) in [6, 6.07) is 10.8. The molecule has 0 aromatic heterocycles. The number of amides is 1. The van der Waals surface area contributed by atoms with E-state index in [1.54, 1.807) is 0 Å². The van der Waals surface area contributed by atoms with Gasteiger partial charge in [0.2, 0.25) is 15.9 Å². The lowest BCUT2D eigenvalue weighted by Gasteiger charge is -2.15. The second-order valence-electron chi connectivity index (χ2n) is 6.66. The van der Waals surface area contributed by atoms with Crippen molar-refractivity contribution in [3.05, 3.63) is 53.1 Å². The second kappa shape index (κ2) is 10.6. The third-order valence-corrected chi connectivity index (χ3v) is 6.11. The van der Waals surface area contributed by atoms with Crippen molar-refractivity contribution in [1.29, 1.82) is 0 Å². The maximum Gasteiger partial charge on any atom is 0.242 e. The molecule has 0 fully saturated rings. The number of benzene rings is 2. The molecule has 0 spiro atoms. The molecule has 0 unspecified atom stereocenters. The molecule has 1 amide bonds. The third-order valence-electron chi connectivity index (χ3n) is 4.28. The van der Waals surface area contributed by atoms with Crippen molar-refractivity contribution in [2.24, 2.45) is 0 Å². The first-order valence-corrected chi connectivity index (χ1v) is 11.5. The standard InChI is InChI=1S/C21H27ClN2O4S/c1-4-6-7-16-8-10-17(11-9-16)23-21(25)15(3)24-29(26,27)18-12-13-20(28-5-2)19(22)14-18/h8-15,24H,4-7H2,1-3H3,(H,23,25)/t15-/m1/s1. The molecule has 29 heavy (non-hydrogen) atoms. The van der Waals surface area contributed by atoms with Gasteiger partial charge in [-0.3, -0.25) is 4.79 Å². The Morgan fingerprint density at radius 1 is 1.14 bits per heavy atom. The summed E-state index contributed by atoms with van der Waals surface area (Å²) in [5.41, 5.74) is 1.82. The minimum atomic E-state index is -3.92. The number of hydrogen-bond acceptors (Lipinski definition) is 4. The van der Waals surface area contributed by atoms with Crippen molar-refractivity contribution in [1.82, 2.24) is 4.72 Å². The fourth-order valence-corrected chi connectivity index (χ4v) is 4.19. The zero-order chi connectivity index (χ0) is 21.4. The molecule has 0 heterocycles. The highest BCUT2D eigenvalue weighted by Gasteiger charge is 2.23. The molecule has 0 saturated heterocycles. The fraction of sp³-hybridized carbons (Fsp3) is 0.381. The van der Waals surface area contributed by atoms with E-state index >= 15 is 0 Å². The largest absolute Gasteiger partial charge is 0.492 e. The Morgan fingerprint density at radius 3 is 2.41 bits per heavy atom. The van der Waals surface area contributed by atoms with E-state index < -0.39 is 22.0 Å². The van der Waals surface area contributed by atoms with Gasteiger partial charge in [0.15, 0.2) is 0 Å². The number of sulfonamides is 1. The van der Waals surface area contributed by atoms with Gasteiger partial charge in [-0.25, -0.2) is 8.42 Å². The summed E-state index contributed by atoms with van der Waals surface area (Å²) in [7, 11) is -3.92. The Balaban J connectivity index is 2.01. The third kappa shape index (κ3) is 6.73. The van der Waals surface area contributed by atoms with Gasteiger partial charge in [-0.15, -0.1) is 0 Å². The fourth-order valence-electron chi connectivity index (χ4n) is 2.66. The molecule has 0 aliphatic rings. The maximum absolute atomic E-state index is 12.6. The van der Waals surface area contributed by atoms with E-state index in [0.29, 0.717) is 18.0 Å². The monoisotopic (exact) mass is 438 g/mol. The van der Waals surface area contributed by atoms with Gasteiger partial charge in [0, 0.05) is 5.69 Å². The van der Waals surface area contributed by atoms with Crippen LogP contribution in [0.2, 0.25) is 5.02 Å². The molecule has 2 aromatic rings. The van der Waals surface area contributed by atoms with Crippen molar-refractivity contribution in [3.63, 3.8) is 0 Å². The molecule has 0 radical (unpaired) electrons. The average Bonchev–Trinajstić information content (AvgIpc) is 2.68. The highest BCUT2D eigenvalue weighted by atomic mass is 35.5. The summed E-state index contributed by atoms with van der Waals surface area (Å²) in [5, 5.41) is 2.91. The Hall–Kier alpha value is -2.09. The highest BCUT2D eigenvalue weighted by Crippen LogP contribution is 2.27. The highest BCUT2D eigenvalue weighted by molar-refractivity contribution is 7.89. The summed E-state index contributed by atoms with van der Waals surface area (Å²) in [6.07, 6.45) is 3.22. The molecule has 2 aromatic carbocycles. The van der Waals surface area contributed by atoms with E-state index in [1.165, 1.54) is 30.7 Å². The molecule has 6 nitrogen and oxygen atoms in total. The summed E-state index contributed by atoms with van der Waals surface area (Å²) < 4.78 is 32.8. The van der Waals surface area contributed by atoms with Crippen molar-refractivity contribution < 1.29 is 17.9 Å². The van der Waals surface area contributed by atoms with Gasteiger partial charge < -0.3 is 10.1 Å². The second-order valence-corrected chi connectivity index (χ2v) is 8.78. The van der Waals surface area contributed by atoms with Gasteiger partial charge in [0.25, 0.3) is 0 Å². The topological polar surface area (TPSA) is 84.5 Å². The van der Waals surface area contributed by atoms with Crippen LogP contribution in [0.25, 0.3) is 0 Å². The quantitative estimate of drug-likeness (QED) is 0.576. The molecule has 2 rings (SSSR count). The van der Waals surface area contributed by atoms with Crippen LogP contribution in [0.1, 0.15) is 39.2 Å². The van der Waals surface area contributed by atoms with Crippen molar-refractivity contribution in [2.75, 3.05) is 11.9 Å². The maximum atomic E-state index is 12.6. The van der Waals surface area contributed by atoms with Crippen LogP contribution in [0.4, 0.5) is 5.69 Å². The molecule has 1 atom stereocenters. The van der Waals surface area contributed by atoms with E-state index in [0.717, 1.165) is 19.3 Å². The van der Waals surface area contributed by atoms with Gasteiger partial charge in [0.1, 0.15) is 5.75 Å². The molecule has 0 aliphatic carbocycles. The van der Waals surface area contributed by atoms with Crippen LogP contribution in [0, 0.1) is 0 Å². The average molecular weight is 439 g/mol. The first-order chi connectivity index (χ1) is 13.8. The van der Waals surface area contributed by atoms with Crippen LogP contribution in [0.5, 0.6) is 5.75 Å². The number of unbranched alkanes of at least 4 members (excludes halogenated alkanes) is 1. The lowest BCUT2D eigenvalue weighted by molar-refractivity contribution is -0.117. The number of ether oxygens (including phenoxy) is 1. The van der Waals surface area contributed by atoms with E-state index in [1.807, 2.05) is 31.2 Å². The molecule has 2 N–H and O–H groups in total. The molecule has 8 heteroatoms. The zero-order valence-corrected chi connectivity index (χ0v) is 18.4. The molecular formula is C21H27ClN2O4S. The van der Waals surface area contributed by atoms with E-state index in [-0.39, 0.29) is 9.92 Å². The van der Waals surface area contributed by atoms with Crippen LogP contribution in [-0.4, -0.2) is 27.0 Å². The van der Waals surface area contributed by atoms with Crippen molar-refractivity contribution in [2.45, 2.75) is 51.0 Å². The summed E-state index contributed by atoms with van der Waals surface area (Å²) >= 11 is 6.07. The smallest absolute Gasteiger partial charge is 0.242 e. The van der Waals surface area contributed by atoms with Gasteiger partial charge in [-0.1, -0.05) is 37.1 Å². The number of aryl methyl sites for hydroxylation is 1. The van der Waals surface area contributed by atoms with Gasteiger partial charge >= 0.3 is 0 Å². The first-order valence-electron chi connectivity index (χ1n) is 9.61. The van der Waals surface area contributed by atoms with Crippen LogP contribution < -0.4 is 14.8 Å². The molecule has 0 bridgehead atoms. The molecular weight excluding hydrogens is 412 g/mol. The van der Waals surface area contributed by atoms with Gasteiger partial charge in [-0.05, 0) is 62.6 Å². The number of halogens is 1. The summed E-state index contributed by atoms with van der Waals surface area (Å²) in [6.45, 7) is 5.85. The minimum Gasteiger partial charge on any atom is -0.492 e. The Kier molecular flexibility index (Phi) is 8.49. The Bertz CT molecular complexity index is 930. The van der Waals surface area contributed by atoms with Crippen LogP contribution in [0.3, 0.4) is 0 Å².